The molecule has 0 amide bonds. The van der Waals surface area contributed by atoms with Crippen molar-refractivity contribution in [2.45, 2.75) is 32.7 Å². The Morgan fingerprint density at radius 1 is 1.21 bits per heavy atom. The fourth-order valence-corrected chi connectivity index (χ4v) is 3.05. The summed E-state index contributed by atoms with van der Waals surface area (Å²) in [5.74, 6) is 0.703. The molecule has 19 heavy (non-hydrogen) atoms. The lowest BCUT2D eigenvalue weighted by atomic mass is 9.91. The summed E-state index contributed by atoms with van der Waals surface area (Å²) in [5.41, 5.74) is 1.27. The van der Waals surface area contributed by atoms with E-state index in [-0.39, 0.29) is 5.75 Å². The topological polar surface area (TPSA) is 46.2 Å². The second kappa shape index (κ2) is 7.65. The van der Waals surface area contributed by atoms with Crippen LogP contribution in [0.15, 0.2) is 30.3 Å². The molecule has 0 aliphatic carbocycles. The van der Waals surface area contributed by atoms with Gasteiger partial charge in [0.2, 0.25) is 0 Å². The lowest BCUT2D eigenvalue weighted by Crippen LogP contribution is -2.27. The van der Waals surface area contributed by atoms with Gasteiger partial charge in [-0.1, -0.05) is 44.2 Å². The molecule has 0 aliphatic heterocycles. The molecule has 0 bridgehead atoms. The fraction of sp³-hybridized carbons (Fsp3) is 0.600. The molecule has 3 nitrogen and oxygen atoms in total. The third kappa shape index (κ3) is 6.21. The van der Waals surface area contributed by atoms with Gasteiger partial charge in [0, 0.05) is 18.1 Å². The zero-order chi connectivity index (χ0) is 14.3. The quantitative estimate of drug-likeness (QED) is 0.798. The number of hydrogen-bond donors (Lipinski definition) is 1. The van der Waals surface area contributed by atoms with Crippen molar-refractivity contribution in [3.63, 3.8) is 0 Å². The van der Waals surface area contributed by atoms with E-state index in [2.05, 4.69) is 31.3 Å². The Bertz CT molecular complexity index is 456. The van der Waals surface area contributed by atoms with E-state index in [1.807, 2.05) is 18.2 Å². The van der Waals surface area contributed by atoms with Gasteiger partial charge in [0.15, 0.2) is 0 Å². The third-order valence-electron chi connectivity index (χ3n) is 3.33. The summed E-state index contributed by atoms with van der Waals surface area (Å²) in [6, 6.07) is 10.7. The highest BCUT2D eigenvalue weighted by molar-refractivity contribution is 7.90. The summed E-state index contributed by atoms with van der Waals surface area (Å²) < 4.78 is 22.3. The molecule has 1 aromatic carbocycles. The zero-order valence-corrected chi connectivity index (χ0v) is 12.9. The molecule has 2 atom stereocenters. The maximum atomic E-state index is 11.2. The lowest BCUT2D eigenvalue weighted by molar-refractivity contribution is 0.369. The second-order valence-corrected chi connectivity index (χ2v) is 7.46. The van der Waals surface area contributed by atoms with Crippen LogP contribution in [0.2, 0.25) is 0 Å². The minimum absolute atomic E-state index is 0.283. The molecule has 0 radical (unpaired) electrons. The van der Waals surface area contributed by atoms with E-state index in [1.54, 1.807) is 0 Å². The van der Waals surface area contributed by atoms with Crippen molar-refractivity contribution in [2.75, 3.05) is 18.6 Å². The second-order valence-electron chi connectivity index (χ2n) is 5.20. The summed E-state index contributed by atoms with van der Waals surface area (Å²) in [6.07, 6.45) is 2.95. The summed E-state index contributed by atoms with van der Waals surface area (Å²) in [5, 5.41) is 3.50. The predicted molar refractivity (Wildman–Crippen MR) is 81.0 cm³/mol. The van der Waals surface area contributed by atoms with Crippen LogP contribution >= 0.6 is 0 Å². The Morgan fingerprint density at radius 2 is 1.84 bits per heavy atom. The van der Waals surface area contributed by atoms with Gasteiger partial charge in [-0.15, -0.1) is 0 Å². The minimum atomic E-state index is -2.84. The van der Waals surface area contributed by atoms with E-state index in [1.165, 1.54) is 11.8 Å². The maximum absolute atomic E-state index is 11.2. The smallest absolute Gasteiger partial charge is 0.147 e. The van der Waals surface area contributed by atoms with Gasteiger partial charge in [-0.3, -0.25) is 0 Å². The predicted octanol–water partition coefficient (Wildman–Crippen LogP) is 2.80. The van der Waals surface area contributed by atoms with Crippen molar-refractivity contribution in [3.8, 4) is 0 Å². The Labute approximate surface area is 117 Å². The highest BCUT2D eigenvalue weighted by Gasteiger charge is 2.18. The molecular formula is C15H25NO2S. The largest absolute Gasteiger partial charge is 0.310 e. The van der Waals surface area contributed by atoms with Crippen LogP contribution in [0.4, 0.5) is 0 Å². The molecule has 0 fully saturated rings. The first kappa shape index (κ1) is 16.2. The molecule has 1 rings (SSSR count). The van der Waals surface area contributed by atoms with E-state index in [4.69, 9.17) is 0 Å². The minimum Gasteiger partial charge on any atom is -0.310 e. The standard InChI is InChI=1S/C15H25NO2S/c1-4-16-15(14-10-6-5-7-11-14)13(2)9-8-12-19(3,17)18/h5-7,10-11,13,15-16H,4,8-9,12H2,1-3H3. The van der Waals surface area contributed by atoms with E-state index in [9.17, 15) is 8.42 Å². The van der Waals surface area contributed by atoms with E-state index in [0.29, 0.717) is 12.0 Å². The number of sulfone groups is 1. The van der Waals surface area contributed by atoms with Crippen LogP contribution < -0.4 is 5.32 Å². The molecule has 0 heterocycles. The highest BCUT2D eigenvalue weighted by Crippen LogP contribution is 2.25. The lowest BCUT2D eigenvalue weighted by Gasteiger charge is -2.25. The molecule has 1 N–H and O–H groups in total. The SMILES string of the molecule is CCNC(c1ccccc1)C(C)CCCS(C)(=O)=O. The summed E-state index contributed by atoms with van der Waals surface area (Å²) >= 11 is 0. The van der Waals surface area contributed by atoms with Gasteiger partial charge in [-0.2, -0.15) is 0 Å². The summed E-state index contributed by atoms with van der Waals surface area (Å²) in [4.78, 5) is 0. The highest BCUT2D eigenvalue weighted by atomic mass is 32.2. The molecule has 0 aliphatic rings. The van der Waals surface area contributed by atoms with Crippen molar-refractivity contribution in [1.82, 2.24) is 5.32 Å². The maximum Gasteiger partial charge on any atom is 0.147 e. The van der Waals surface area contributed by atoms with Gasteiger partial charge in [0.05, 0.1) is 0 Å². The number of hydrogen-bond acceptors (Lipinski definition) is 3. The molecular weight excluding hydrogens is 258 g/mol. The molecule has 0 aromatic heterocycles. The summed E-state index contributed by atoms with van der Waals surface area (Å²) in [6.45, 7) is 5.19. The van der Waals surface area contributed by atoms with E-state index in [0.717, 1.165) is 19.4 Å². The monoisotopic (exact) mass is 283 g/mol. The first-order valence-corrected chi connectivity index (χ1v) is 8.96. The Morgan fingerprint density at radius 3 is 2.37 bits per heavy atom. The van der Waals surface area contributed by atoms with Crippen molar-refractivity contribution >= 4 is 9.84 Å². The van der Waals surface area contributed by atoms with Crippen LogP contribution in [0.1, 0.15) is 38.3 Å². The van der Waals surface area contributed by atoms with Gasteiger partial charge in [0.1, 0.15) is 9.84 Å². The summed E-state index contributed by atoms with van der Waals surface area (Å²) in [7, 11) is -2.84. The molecule has 0 saturated heterocycles. The van der Waals surface area contributed by atoms with Crippen LogP contribution in [0.25, 0.3) is 0 Å². The molecule has 108 valence electrons. The number of benzene rings is 1. The van der Waals surface area contributed by atoms with Crippen molar-refractivity contribution < 1.29 is 8.42 Å². The Hall–Kier alpha value is -0.870. The Kier molecular flexibility index (Phi) is 6.52. The van der Waals surface area contributed by atoms with Crippen LogP contribution in [0.5, 0.6) is 0 Å². The van der Waals surface area contributed by atoms with Crippen LogP contribution in [0, 0.1) is 5.92 Å². The van der Waals surface area contributed by atoms with Gasteiger partial charge in [-0.05, 0) is 30.9 Å². The average molecular weight is 283 g/mol. The van der Waals surface area contributed by atoms with Gasteiger partial charge >= 0.3 is 0 Å². The molecule has 2 unspecified atom stereocenters. The van der Waals surface area contributed by atoms with Crippen LogP contribution in [0.3, 0.4) is 0 Å². The van der Waals surface area contributed by atoms with Crippen LogP contribution in [-0.4, -0.2) is 27.0 Å². The third-order valence-corrected chi connectivity index (χ3v) is 4.36. The molecule has 4 heteroatoms. The molecule has 0 saturated carbocycles. The first-order chi connectivity index (χ1) is 8.94. The number of rotatable bonds is 8. The van der Waals surface area contributed by atoms with E-state index < -0.39 is 9.84 Å². The Balaban J connectivity index is 2.61. The normalized spacial score (nSPS) is 15.1. The molecule has 0 spiro atoms. The van der Waals surface area contributed by atoms with Gasteiger partial charge < -0.3 is 5.32 Å². The average Bonchev–Trinajstić information content (AvgIpc) is 2.35. The van der Waals surface area contributed by atoms with Crippen LogP contribution in [-0.2, 0) is 9.84 Å². The molecule has 1 aromatic rings. The van der Waals surface area contributed by atoms with E-state index >= 15 is 0 Å². The zero-order valence-electron chi connectivity index (χ0n) is 12.1. The van der Waals surface area contributed by atoms with Crippen molar-refractivity contribution in [2.24, 2.45) is 5.92 Å². The van der Waals surface area contributed by atoms with Crippen molar-refractivity contribution in [1.29, 1.82) is 0 Å². The number of nitrogens with one attached hydrogen (secondary N) is 1. The van der Waals surface area contributed by atoms with Crippen molar-refractivity contribution in [3.05, 3.63) is 35.9 Å². The fourth-order valence-electron chi connectivity index (χ4n) is 2.36. The first-order valence-electron chi connectivity index (χ1n) is 6.90. The van der Waals surface area contributed by atoms with Gasteiger partial charge in [0.25, 0.3) is 0 Å². The van der Waals surface area contributed by atoms with Gasteiger partial charge in [-0.25, -0.2) is 8.42 Å².